The van der Waals surface area contributed by atoms with Crippen LogP contribution in [0.1, 0.15) is 44.2 Å². The molecule has 17 heavy (non-hydrogen) atoms. The van der Waals surface area contributed by atoms with Gasteiger partial charge in [-0.1, -0.05) is 25.1 Å². The Balaban J connectivity index is 2.14. The molecule has 3 heteroatoms. The van der Waals surface area contributed by atoms with E-state index in [1.165, 1.54) is 0 Å². The van der Waals surface area contributed by atoms with Crippen LogP contribution in [0.25, 0.3) is 0 Å². The van der Waals surface area contributed by atoms with E-state index in [4.69, 9.17) is 10.5 Å². The fraction of sp³-hybridized carbons (Fsp3) is 0.571. The molecule has 1 aromatic rings. The van der Waals surface area contributed by atoms with E-state index in [1.807, 2.05) is 24.3 Å². The molecule has 0 aromatic heterocycles. The van der Waals surface area contributed by atoms with Gasteiger partial charge >= 0.3 is 0 Å². The Morgan fingerprint density at radius 3 is 2.82 bits per heavy atom. The number of hydrogen-bond acceptors (Lipinski definition) is 3. The largest absolute Gasteiger partial charge is 0.487 e. The molecule has 3 atom stereocenters. The van der Waals surface area contributed by atoms with Crippen molar-refractivity contribution in [1.29, 1.82) is 0 Å². The summed E-state index contributed by atoms with van der Waals surface area (Å²) in [5, 5.41) is 9.78. The quantitative estimate of drug-likeness (QED) is 0.842. The number of aliphatic hydroxyl groups excluding tert-OH is 1. The van der Waals surface area contributed by atoms with E-state index in [9.17, 15) is 5.11 Å². The van der Waals surface area contributed by atoms with Gasteiger partial charge < -0.3 is 15.6 Å². The topological polar surface area (TPSA) is 55.5 Å². The van der Waals surface area contributed by atoms with Gasteiger partial charge in [0, 0.05) is 11.6 Å². The molecule has 1 aliphatic rings. The van der Waals surface area contributed by atoms with Crippen LogP contribution in [0.5, 0.6) is 5.75 Å². The standard InChI is InChI=1S/C14H21NO2/c1-2-11(15)10-6-3-4-8-13(10)17-14-9-5-7-12(14)16/h3-4,6,8,11-12,14,16H,2,5,7,9,15H2,1H3/t11-,12?,14?/m1/s1. The van der Waals surface area contributed by atoms with Crippen LogP contribution >= 0.6 is 0 Å². The second-order valence-electron chi connectivity index (χ2n) is 4.71. The zero-order chi connectivity index (χ0) is 12.3. The van der Waals surface area contributed by atoms with Crippen LogP contribution in [-0.4, -0.2) is 17.3 Å². The molecule has 1 fully saturated rings. The third-order valence-corrected chi connectivity index (χ3v) is 3.45. The van der Waals surface area contributed by atoms with E-state index in [-0.39, 0.29) is 18.2 Å². The molecule has 2 rings (SSSR count). The normalized spacial score (nSPS) is 25.8. The summed E-state index contributed by atoms with van der Waals surface area (Å²) >= 11 is 0. The lowest BCUT2D eigenvalue weighted by Crippen LogP contribution is -2.26. The average Bonchev–Trinajstić information content (AvgIpc) is 2.75. The fourth-order valence-electron chi connectivity index (χ4n) is 2.32. The molecule has 0 aliphatic heterocycles. The third kappa shape index (κ3) is 2.79. The molecule has 1 saturated carbocycles. The van der Waals surface area contributed by atoms with E-state index in [2.05, 4.69) is 6.92 Å². The Morgan fingerprint density at radius 2 is 2.18 bits per heavy atom. The van der Waals surface area contributed by atoms with Crippen molar-refractivity contribution in [3.63, 3.8) is 0 Å². The zero-order valence-electron chi connectivity index (χ0n) is 10.3. The molecular formula is C14H21NO2. The first kappa shape index (κ1) is 12.4. The van der Waals surface area contributed by atoms with Gasteiger partial charge in [-0.15, -0.1) is 0 Å². The zero-order valence-corrected chi connectivity index (χ0v) is 10.3. The Morgan fingerprint density at radius 1 is 1.41 bits per heavy atom. The first-order valence-electron chi connectivity index (χ1n) is 6.41. The Hall–Kier alpha value is -1.06. The van der Waals surface area contributed by atoms with Crippen LogP contribution in [-0.2, 0) is 0 Å². The molecule has 0 saturated heterocycles. The highest BCUT2D eigenvalue weighted by molar-refractivity contribution is 5.36. The molecule has 3 nitrogen and oxygen atoms in total. The predicted molar refractivity (Wildman–Crippen MR) is 67.9 cm³/mol. The molecule has 0 bridgehead atoms. The fourth-order valence-corrected chi connectivity index (χ4v) is 2.32. The van der Waals surface area contributed by atoms with Gasteiger partial charge in [0.05, 0.1) is 6.10 Å². The first-order valence-corrected chi connectivity index (χ1v) is 6.41. The van der Waals surface area contributed by atoms with Crippen LogP contribution < -0.4 is 10.5 Å². The highest BCUT2D eigenvalue weighted by Crippen LogP contribution is 2.30. The van der Waals surface area contributed by atoms with Crippen molar-refractivity contribution in [3.8, 4) is 5.75 Å². The maximum absolute atomic E-state index is 9.78. The van der Waals surface area contributed by atoms with Gasteiger partial charge in [0.2, 0.25) is 0 Å². The molecule has 0 radical (unpaired) electrons. The Labute approximate surface area is 103 Å². The lowest BCUT2D eigenvalue weighted by Gasteiger charge is -2.21. The van der Waals surface area contributed by atoms with Crippen molar-refractivity contribution in [3.05, 3.63) is 29.8 Å². The van der Waals surface area contributed by atoms with Crippen LogP contribution in [0.2, 0.25) is 0 Å². The van der Waals surface area contributed by atoms with Gasteiger partial charge in [0.15, 0.2) is 0 Å². The predicted octanol–water partition coefficient (Wildman–Crippen LogP) is 2.39. The second-order valence-corrected chi connectivity index (χ2v) is 4.71. The summed E-state index contributed by atoms with van der Waals surface area (Å²) in [6.45, 7) is 2.06. The summed E-state index contributed by atoms with van der Waals surface area (Å²) in [5.41, 5.74) is 7.10. The molecule has 0 heterocycles. The minimum absolute atomic E-state index is 0.00439. The summed E-state index contributed by atoms with van der Waals surface area (Å²) in [6.07, 6.45) is 3.28. The van der Waals surface area contributed by atoms with Gasteiger partial charge in [0.25, 0.3) is 0 Å². The smallest absolute Gasteiger partial charge is 0.124 e. The molecule has 2 unspecified atom stereocenters. The Bertz CT molecular complexity index is 367. The van der Waals surface area contributed by atoms with Crippen LogP contribution in [0.4, 0.5) is 0 Å². The first-order chi connectivity index (χ1) is 8.22. The maximum Gasteiger partial charge on any atom is 0.124 e. The van der Waals surface area contributed by atoms with Crippen molar-refractivity contribution in [2.24, 2.45) is 5.73 Å². The SMILES string of the molecule is CC[C@@H](N)c1ccccc1OC1CCCC1O. The number of para-hydroxylation sites is 1. The van der Waals surface area contributed by atoms with Gasteiger partial charge in [-0.05, 0) is 31.7 Å². The summed E-state index contributed by atoms with van der Waals surface area (Å²) < 4.78 is 5.91. The van der Waals surface area contributed by atoms with E-state index < -0.39 is 0 Å². The summed E-state index contributed by atoms with van der Waals surface area (Å²) in [7, 11) is 0. The maximum atomic E-state index is 9.78. The van der Waals surface area contributed by atoms with Crippen molar-refractivity contribution < 1.29 is 9.84 Å². The van der Waals surface area contributed by atoms with Crippen LogP contribution in [0.3, 0.4) is 0 Å². The molecule has 1 aromatic carbocycles. The van der Waals surface area contributed by atoms with Crippen molar-refractivity contribution in [2.75, 3.05) is 0 Å². The molecule has 94 valence electrons. The molecular weight excluding hydrogens is 214 g/mol. The van der Waals surface area contributed by atoms with E-state index in [1.54, 1.807) is 0 Å². The highest BCUT2D eigenvalue weighted by Gasteiger charge is 2.27. The minimum atomic E-state index is -0.332. The lowest BCUT2D eigenvalue weighted by atomic mass is 10.0. The summed E-state index contributed by atoms with van der Waals surface area (Å²) in [4.78, 5) is 0. The molecule has 0 spiro atoms. The monoisotopic (exact) mass is 235 g/mol. The number of ether oxygens (including phenoxy) is 1. The van der Waals surface area contributed by atoms with E-state index >= 15 is 0 Å². The number of nitrogens with two attached hydrogens (primary N) is 1. The summed E-state index contributed by atoms with van der Waals surface area (Å²) in [6, 6.07) is 7.87. The molecule has 1 aliphatic carbocycles. The summed E-state index contributed by atoms with van der Waals surface area (Å²) in [5.74, 6) is 0.827. The Kier molecular flexibility index (Phi) is 4.02. The van der Waals surface area contributed by atoms with Crippen molar-refractivity contribution in [2.45, 2.75) is 50.9 Å². The third-order valence-electron chi connectivity index (χ3n) is 3.45. The highest BCUT2D eigenvalue weighted by atomic mass is 16.5. The van der Waals surface area contributed by atoms with E-state index in [0.717, 1.165) is 37.0 Å². The minimum Gasteiger partial charge on any atom is -0.487 e. The number of aliphatic hydroxyl groups is 1. The number of benzene rings is 1. The second kappa shape index (κ2) is 5.52. The van der Waals surface area contributed by atoms with Gasteiger partial charge in [-0.2, -0.15) is 0 Å². The number of rotatable bonds is 4. The molecule has 3 N–H and O–H groups in total. The van der Waals surface area contributed by atoms with E-state index in [0.29, 0.717) is 0 Å². The van der Waals surface area contributed by atoms with Crippen LogP contribution in [0, 0.1) is 0 Å². The van der Waals surface area contributed by atoms with Gasteiger partial charge in [-0.3, -0.25) is 0 Å². The van der Waals surface area contributed by atoms with Gasteiger partial charge in [0.1, 0.15) is 11.9 Å². The van der Waals surface area contributed by atoms with Crippen molar-refractivity contribution >= 4 is 0 Å². The van der Waals surface area contributed by atoms with Crippen molar-refractivity contribution in [1.82, 2.24) is 0 Å². The number of hydrogen-bond donors (Lipinski definition) is 2. The average molecular weight is 235 g/mol. The molecule has 0 amide bonds. The van der Waals surface area contributed by atoms with Crippen LogP contribution in [0.15, 0.2) is 24.3 Å². The van der Waals surface area contributed by atoms with Gasteiger partial charge in [-0.25, -0.2) is 0 Å². The lowest BCUT2D eigenvalue weighted by molar-refractivity contribution is 0.0595.